The maximum absolute atomic E-state index is 13.3. The highest BCUT2D eigenvalue weighted by molar-refractivity contribution is 6.05. The first-order valence-corrected chi connectivity index (χ1v) is 5.64. The van der Waals surface area contributed by atoms with Crippen LogP contribution in [0, 0.1) is 17.7 Å². The highest BCUT2D eigenvalue weighted by atomic mass is 19.1. The van der Waals surface area contributed by atoms with E-state index in [1.54, 1.807) is 0 Å². The van der Waals surface area contributed by atoms with Gasteiger partial charge in [-0.3, -0.25) is 10.1 Å². The van der Waals surface area contributed by atoms with Gasteiger partial charge in [-0.1, -0.05) is 11.8 Å². The van der Waals surface area contributed by atoms with E-state index >= 15 is 0 Å². The number of carbonyl (C=O) groups is 1. The molecule has 0 radical (unpaired) electrons. The summed E-state index contributed by atoms with van der Waals surface area (Å²) in [6.45, 7) is 0.143. The van der Waals surface area contributed by atoms with Gasteiger partial charge in [-0.25, -0.2) is 9.37 Å². The third-order valence-electron chi connectivity index (χ3n) is 2.26. The normalized spacial score (nSPS) is 9.50. The predicted molar refractivity (Wildman–Crippen MR) is 70.1 cm³/mol. The van der Waals surface area contributed by atoms with E-state index in [-0.39, 0.29) is 18.1 Å². The minimum atomic E-state index is -0.571. The van der Waals surface area contributed by atoms with Crippen molar-refractivity contribution < 1.29 is 9.18 Å². The molecule has 2 aromatic rings. The molecular formula is C13H10FN5O. The van der Waals surface area contributed by atoms with Gasteiger partial charge in [0, 0.05) is 5.56 Å². The minimum absolute atomic E-state index is 0.0273. The molecule has 7 heteroatoms. The van der Waals surface area contributed by atoms with E-state index in [1.807, 2.05) is 0 Å². The Morgan fingerprint density at radius 2 is 2.25 bits per heavy atom. The van der Waals surface area contributed by atoms with Crippen LogP contribution in [0.2, 0.25) is 0 Å². The molecule has 0 saturated heterocycles. The van der Waals surface area contributed by atoms with Crippen LogP contribution in [0.3, 0.4) is 0 Å². The van der Waals surface area contributed by atoms with Crippen LogP contribution < -0.4 is 11.1 Å². The lowest BCUT2D eigenvalue weighted by atomic mass is 10.1. The van der Waals surface area contributed by atoms with Gasteiger partial charge in [-0.05, 0) is 18.2 Å². The van der Waals surface area contributed by atoms with Gasteiger partial charge in [0.25, 0.3) is 5.91 Å². The molecule has 1 amide bonds. The molecule has 0 fully saturated rings. The molecular weight excluding hydrogens is 261 g/mol. The van der Waals surface area contributed by atoms with Gasteiger partial charge in [-0.2, -0.15) is 5.10 Å². The Kier molecular flexibility index (Phi) is 4.32. The molecule has 0 atom stereocenters. The van der Waals surface area contributed by atoms with Crippen molar-refractivity contribution in [3.8, 4) is 11.8 Å². The second-order valence-corrected chi connectivity index (χ2v) is 3.62. The molecule has 1 aromatic heterocycles. The average molecular weight is 271 g/mol. The summed E-state index contributed by atoms with van der Waals surface area (Å²) in [6, 6.07) is 3.72. The van der Waals surface area contributed by atoms with Gasteiger partial charge in [-0.15, -0.1) is 5.10 Å². The van der Waals surface area contributed by atoms with Crippen molar-refractivity contribution >= 4 is 11.9 Å². The zero-order valence-electron chi connectivity index (χ0n) is 10.3. The van der Waals surface area contributed by atoms with Crippen molar-refractivity contribution in [1.82, 2.24) is 15.2 Å². The molecule has 0 aliphatic carbocycles. The molecule has 1 aromatic carbocycles. The fourth-order valence-corrected chi connectivity index (χ4v) is 1.43. The summed E-state index contributed by atoms with van der Waals surface area (Å²) >= 11 is 0. The van der Waals surface area contributed by atoms with Crippen LogP contribution in [-0.2, 0) is 0 Å². The Morgan fingerprint density at radius 3 is 2.95 bits per heavy atom. The number of amides is 1. The smallest absolute Gasteiger partial charge is 0.259 e. The fourth-order valence-electron chi connectivity index (χ4n) is 1.43. The highest BCUT2D eigenvalue weighted by Gasteiger charge is 2.13. The van der Waals surface area contributed by atoms with Crippen molar-refractivity contribution in [2.24, 2.45) is 5.73 Å². The monoisotopic (exact) mass is 271 g/mol. The van der Waals surface area contributed by atoms with Crippen molar-refractivity contribution in [1.29, 1.82) is 0 Å². The maximum Gasteiger partial charge on any atom is 0.259 e. The van der Waals surface area contributed by atoms with Gasteiger partial charge in [0.15, 0.2) is 0 Å². The number of rotatable bonds is 2. The second-order valence-electron chi connectivity index (χ2n) is 3.62. The van der Waals surface area contributed by atoms with Gasteiger partial charge in [0.2, 0.25) is 5.95 Å². The van der Waals surface area contributed by atoms with Crippen molar-refractivity contribution in [2.45, 2.75) is 0 Å². The van der Waals surface area contributed by atoms with Crippen molar-refractivity contribution in [2.75, 3.05) is 11.9 Å². The number of anilines is 1. The van der Waals surface area contributed by atoms with E-state index in [0.717, 1.165) is 6.07 Å². The number of nitrogens with two attached hydrogens (primary N) is 1. The number of nitrogens with one attached hydrogen (secondary N) is 1. The Bertz CT molecular complexity index is 678. The largest absolute Gasteiger partial charge is 0.320 e. The van der Waals surface area contributed by atoms with E-state index in [9.17, 15) is 9.18 Å². The predicted octanol–water partition coefficient (Wildman–Crippen LogP) is 0.573. The first-order chi connectivity index (χ1) is 9.70. The first kappa shape index (κ1) is 13.6. The number of halogens is 1. The van der Waals surface area contributed by atoms with Gasteiger partial charge < -0.3 is 5.73 Å². The summed E-state index contributed by atoms with van der Waals surface area (Å²) in [7, 11) is 0. The topological polar surface area (TPSA) is 93.8 Å². The Hall–Kier alpha value is -2.85. The summed E-state index contributed by atoms with van der Waals surface area (Å²) in [5, 5.41) is 9.60. The van der Waals surface area contributed by atoms with E-state index < -0.39 is 11.7 Å². The van der Waals surface area contributed by atoms with Crippen molar-refractivity contribution in [3.05, 3.63) is 47.5 Å². The number of benzene rings is 1. The molecule has 100 valence electrons. The van der Waals surface area contributed by atoms with Crippen LogP contribution >= 0.6 is 0 Å². The Morgan fingerprint density at radius 1 is 1.40 bits per heavy atom. The van der Waals surface area contributed by atoms with E-state index in [4.69, 9.17) is 5.73 Å². The van der Waals surface area contributed by atoms with E-state index in [2.05, 4.69) is 32.3 Å². The Balaban J connectivity index is 2.31. The van der Waals surface area contributed by atoms with E-state index in [0.29, 0.717) is 5.56 Å². The number of hydrogen-bond donors (Lipinski definition) is 2. The number of nitrogens with zero attached hydrogens (tertiary/aromatic N) is 3. The third kappa shape index (κ3) is 3.34. The van der Waals surface area contributed by atoms with Crippen LogP contribution in [0.25, 0.3) is 0 Å². The second kappa shape index (κ2) is 6.36. The van der Waals surface area contributed by atoms with Gasteiger partial charge in [0.05, 0.1) is 24.5 Å². The molecule has 20 heavy (non-hydrogen) atoms. The summed E-state index contributed by atoms with van der Waals surface area (Å²) < 4.78 is 13.3. The zero-order valence-corrected chi connectivity index (χ0v) is 10.3. The number of aromatic nitrogens is 3. The quantitative estimate of drug-likeness (QED) is 0.779. The lowest BCUT2D eigenvalue weighted by Gasteiger charge is -2.05. The lowest BCUT2D eigenvalue weighted by Crippen LogP contribution is -2.16. The maximum atomic E-state index is 13.3. The van der Waals surface area contributed by atoms with Gasteiger partial charge in [0.1, 0.15) is 5.82 Å². The summed E-state index contributed by atoms with van der Waals surface area (Å²) in [6.07, 6.45) is 2.75. The molecule has 0 saturated carbocycles. The van der Waals surface area contributed by atoms with Crippen LogP contribution in [-0.4, -0.2) is 27.6 Å². The molecule has 3 N–H and O–H groups in total. The van der Waals surface area contributed by atoms with Crippen LogP contribution in [0.5, 0.6) is 0 Å². The van der Waals surface area contributed by atoms with Crippen LogP contribution in [0.4, 0.5) is 10.3 Å². The molecule has 0 spiro atoms. The number of carbonyl (C=O) groups excluding carboxylic acids is 1. The van der Waals surface area contributed by atoms with Crippen LogP contribution in [0.15, 0.2) is 30.6 Å². The first-order valence-electron chi connectivity index (χ1n) is 5.64. The zero-order chi connectivity index (χ0) is 14.4. The minimum Gasteiger partial charge on any atom is -0.320 e. The third-order valence-corrected chi connectivity index (χ3v) is 2.26. The molecule has 0 bridgehead atoms. The summed E-state index contributed by atoms with van der Waals surface area (Å²) in [4.78, 5) is 15.9. The molecule has 6 nitrogen and oxygen atoms in total. The fraction of sp³-hybridized carbons (Fsp3) is 0.0769. The summed E-state index contributed by atoms with van der Waals surface area (Å²) in [5.74, 6) is 4.24. The standard InChI is InChI=1S/C13H10FN5O/c14-10-4-3-9(2-1-5-15)11(8-10)12(20)18-13-16-6-7-17-19-13/h3-4,6-8H,5,15H2,(H,16,18,19,20). The number of hydrogen-bond acceptors (Lipinski definition) is 5. The molecule has 0 unspecified atom stereocenters. The average Bonchev–Trinajstić information content (AvgIpc) is 2.47. The molecule has 0 aliphatic rings. The molecule has 2 rings (SSSR count). The molecule has 1 heterocycles. The SMILES string of the molecule is NCC#Cc1ccc(F)cc1C(=O)Nc1nccnn1. The van der Waals surface area contributed by atoms with E-state index in [1.165, 1.54) is 24.5 Å². The Labute approximate surface area is 114 Å². The molecule has 0 aliphatic heterocycles. The summed E-state index contributed by atoms with van der Waals surface area (Å²) in [5.41, 5.74) is 5.73. The highest BCUT2D eigenvalue weighted by Crippen LogP contribution is 2.12. The van der Waals surface area contributed by atoms with Crippen molar-refractivity contribution in [3.63, 3.8) is 0 Å². The van der Waals surface area contributed by atoms with Gasteiger partial charge >= 0.3 is 0 Å². The lowest BCUT2D eigenvalue weighted by molar-refractivity contribution is 0.102. The van der Waals surface area contributed by atoms with Crippen LogP contribution in [0.1, 0.15) is 15.9 Å².